The summed E-state index contributed by atoms with van der Waals surface area (Å²) in [5.41, 5.74) is 6.00. The lowest BCUT2D eigenvalue weighted by Crippen LogP contribution is -2.33. The van der Waals surface area contributed by atoms with Gasteiger partial charge in [0.2, 0.25) is 0 Å². The zero-order valence-corrected chi connectivity index (χ0v) is 14.0. The Kier molecular flexibility index (Phi) is 5.77. The van der Waals surface area contributed by atoms with Crippen LogP contribution >= 0.6 is 11.3 Å². The Bertz CT molecular complexity index is 673. The first-order chi connectivity index (χ1) is 11.0. The first-order valence-corrected chi connectivity index (χ1v) is 8.31. The van der Waals surface area contributed by atoms with Gasteiger partial charge in [0, 0.05) is 11.1 Å². The van der Waals surface area contributed by atoms with Crippen LogP contribution < -0.4 is 10.9 Å². The molecule has 122 valence electrons. The first kappa shape index (κ1) is 17.0. The summed E-state index contributed by atoms with van der Waals surface area (Å²) in [6.45, 7) is 4.05. The zero-order chi connectivity index (χ0) is 16.8. The molecule has 2 N–H and O–H groups in total. The Hall–Kier alpha value is -2.33. The number of nitriles is 1. The first-order valence-electron chi connectivity index (χ1n) is 7.50. The van der Waals surface area contributed by atoms with Gasteiger partial charge in [-0.1, -0.05) is 6.92 Å². The fourth-order valence-corrected chi connectivity index (χ4v) is 3.50. The van der Waals surface area contributed by atoms with E-state index in [1.165, 1.54) is 21.8 Å². The Morgan fingerprint density at radius 3 is 3.04 bits per heavy atom. The van der Waals surface area contributed by atoms with Crippen molar-refractivity contribution >= 4 is 23.2 Å². The molecule has 0 saturated heterocycles. The number of aryl methyl sites for hydroxylation is 1. The monoisotopic (exact) mass is 333 g/mol. The number of carbonyl (C=O) groups excluding carboxylic acids is 2. The van der Waals surface area contributed by atoms with Crippen LogP contribution in [0, 0.1) is 17.2 Å². The van der Waals surface area contributed by atoms with E-state index in [0.717, 1.165) is 25.5 Å². The second-order valence-electron chi connectivity index (χ2n) is 5.40. The van der Waals surface area contributed by atoms with E-state index in [-0.39, 0.29) is 18.1 Å². The molecule has 1 amide bonds. The predicted octanol–water partition coefficient (Wildman–Crippen LogP) is 2.08. The average molecular weight is 333 g/mol. The van der Waals surface area contributed by atoms with Crippen molar-refractivity contribution in [3.8, 4) is 6.07 Å². The highest BCUT2D eigenvalue weighted by molar-refractivity contribution is 7.14. The van der Waals surface area contributed by atoms with Gasteiger partial charge in [-0.25, -0.2) is 4.79 Å². The van der Waals surface area contributed by atoms with Crippen molar-refractivity contribution in [3.05, 3.63) is 33.2 Å². The van der Waals surface area contributed by atoms with Gasteiger partial charge in [0.1, 0.15) is 6.07 Å². The minimum Gasteiger partial charge on any atom is -0.462 e. The van der Waals surface area contributed by atoms with Gasteiger partial charge in [0.05, 0.1) is 11.5 Å². The highest BCUT2D eigenvalue weighted by Gasteiger charge is 2.20. The number of nitrogens with one attached hydrogen (secondary N) is 2. The summed E-state index contributed by atoms with van der Waals surface area (Å²) in [4.78, 5) is 25.4. The number of thiophene rings is 1. The van der Waals surface area contributed by atoms with Gasteiger partial charge in [-0.15, -0.1) is 11.3 Å². The van der Waals surface area contributed by atoms with Crippen molar-refractivity contribution in [2.75, 3.05) is 6.61 Å². The van der Waals surface area contributed by atoms with Crippen LogP contribution in [-0.2, 0) is 22.4 Å². The summed E-state index contributed by atoms with van der Waals surface area (Å²) < 4.78 is 4.72. The highest BCUT2D eigenvalue weighted by atomic mass is 32.1. The Morgan fingerprint density at radius 2 is 2.35 bits per heavy atom. The number of amides is 1. The van der Waals surface area contributed by atoms with Crippen LogP contribution in [0.5, 0.6) is 0 Å². The van der Waals surface area contributed by atoms with E-state index in [9.17, 15) is 9.59 Å². The lowest BCUT2D eigenvalue weighted by molar-refractivity contribution is -0.138. The van der Waals surface area contributed by atoms with Gasteiger partial charge >= 0.3 is 5.97 Å². The zero-order valence-electron chi connectivity index (χ0n) is 13.1. The topological polar surface area (TPSA) is 91.2 Å². The van der Waals surface area contributed by atoms with E-state index >= 15 is 0 Å². The normalized spacial score (nSPS) is 16.9. The molecule has 1 aromatic heterocycles. The molecule has 1 aromatic rings. The number of esters is 1. The summed E-state index contributed by atoms with van der Waals surface area (Å²) in [7, 11) is 0. The molecule has 1 atom stereocenters. The SMILES string of the molecule is CCOC(=O)/C(C#N)=C/NNC(=O)c1cc2c(s1)CC[C@H](C)C2. The van der Waals surface area contributed by atoms with Crippen LogP contribution in [0.4, 0.5) is 0 Å². The summed E-state index contributed by atoms with van der Waals surface area (Å²) >= 11 is 1.50. The molecule has 1 aliphatic rings. The Labute approximate surface area is 139 Å². The van der Waals surface area contributed by atoms with Crippen LogP contribution in [0.2, 0.25) is 0 Å². The fourth-order valence-electron chi connectivity index (χ4n) is 2.40. The average Bonchev–Trinajstić information content (AvgIpc) is 2.94. The Balaban J connectivity index is 1.95. The van der Waals surface area contributed by atoms with Crippen molar-refractivity contribution in [1.29, 1.82) is 5.26 Å². The van der Waals surface area contributed by atoms with E-state index in [2.05, 4.69) is 17.8 Å². The standard InChI is InChI=1S/C16H19N3O3S/c1-3-22-16(21)12(8-17)9-18-19-15(20)14-7-11-6-10(2)4-5-13(11)23-14/h7,9-10,18H,3-6H2,1-2H3,(H,19,20)/b12-9+/t10-/m0/s1. The molecule has 0 fully saturated rings. The molecule has 0 radical (unpaired) electrons. The molecule has 0 bridgehead atoms. The smallest absolute Gasteiger partial charge is 0.350 e. The second-order valence-corrected chi connectivity index (χ2v) is 6.53. The van der Waals surface area contributed by atoms with Gasteiger partial charge in [-0.2, -0.15) is 5.26 Å². The van der Waals surface area contributed by atoms with E-state index < -0.39 is 5.97 Å². The van der Waals surface area contributed by atoms with Crippen LogP contribution in [0.3, 0.4) is 0 Å². The van der Waals surface area contributed by atoms with E-state index in [1.807, 2.05) is 6.07 Å². The predicted molar refractivity (Wildman–Crippen MR) is 86.4 cm³/mol. The molecule has 0 aromatic carbocycles. The van der Waals surface area contributed by atoms with E-state index in [1.54, 1.807) is 13.0 Å². The molecule has 23 heavy (non-hydrogen) atoms. The van der Waals surface area contributed by atoms with Crippen LogP contribution in [-0.4, -0.2) is 18.5 Å². The maximum atomic E-state index is 12.1. The minimum absolute atomic E-state index is 0.184. The van der Waals surface area contributed by atoms with Gasteiger partial charge < -0.3 is 10.2 Å². The van der Waals surface area contributed by atoms with Gasteiger partial charge in [-0.05, 0) is 43.7 Å². The molecular weight excluding hydrogens is 314 g/mol. The van der Waals surface area contributed by atoms with Crippen LogP contribution in [0.15, 0.2) is 17.8 Å². The van der Waals surface area contributed by atoms with Crippen molar-refractivity contribution < 1.29 is 14.3 Å². The van der Waals surface area contributed by atoms with Gasteiger partial charge in [-0.3, -0.25) is 10.2 Å². The molecule has 1 aliphatic carbocycles. The molecular formula is C16H19N3O3S. The number of rotatable bonds is 5. The summed E-state index contributed by atoms with van der Waals surface area (Å²) in [5, 5.41) is 8.87. The number of hydrogen-bond acceptors (Lipinski definition) is 6. The molecule has 7 heteroatoms. The highest BCUT2D eigenvalue weighted by Crippen LogP contribution is 2.32. The lowest BCUT2D eigenvalue weighted by Gasteiger charge is -2.16. The number of ether oxygens (including phenoxy) is 1. The summed E-state index contributed by atoms with van der Waals surface area (Å²) in [5.74, 6) is -0.358. The third-order valence-electron chi connectivity index (χ3n) is 3.57. The number of hydrazine groups is 1. The number of carbonyl (C=O) groups is 2. The lowest BCUT2D eigenvalue weighted by atomic mass is 9.90. The second kappa shape index (κ2) is 7.79. The summed E-state index contributed by atoms with van der Waals surface area (Å²) in [6.07, 6.45) is 4.31. The Morgan fingerprint density at radius 1 is 1.57 bits per heavy atom. The number of hydrogen-bond donors (Lipinski definition) is 2. The van der Waals surface area contributed by atoms with Crippen molar-refractivity contribution in [1.82, 2.24) is 10.9 Å². The van der Waals surface area contributed by atoms with E-state index in [4.69, 9.17) is 10.00 Å². The molecule has 0 unspecified atom stereocenters. The van der Waals surface area contributed by atoms with E-state index in [0.29, 0.717) is 10.8 Å². The van der Waals surface area contributed by atoms with Gasteiger partial charge in [0.25, 0.3) is 5.91 Å². The van der Waals surface area contributed by atoms with Crippen molar-refractivity contribution in [2.45, 2.75) is 33.1 Å². The van der Waals surface area contributed by atoms with Crippen molar-refractivity contribution in [2.24, 2.45) is 5.92 Å². The van der Waals surface area contributed by atoms with Crippen molar-refractivity contribution in [3.63, 3.8) is 0 Å². The molecule has 0 aliphatic heterocycles. The van der Waals surface area contributed by atoms with Crippen LogP contribution in [0.25, 0.3) is 0 Å². The molecule has 0 saturated carbocycles. The summed E-state index contributed by atoms with van der Waals surface area (Å²) in [6, 6.07) is 3.64. The quantitative estimate of drug-likeness (QED) is 0.372. The third kappa shape index (κ3) is 4.33. The largest absolute Gasteiger partial charge is 0.462 e. The molecule has 0 spiro atoms. The molecule has 1 heterocycles. The molecule has 2 rings (SSSR count). The van der Waals surface area contributed by atoms with Crippen LogP contribution in [0.1, 0.15) is 40.4 Å². The number of fused-ring (bicyclic) bond motifs is 1. The van der Waals surface area contributed by atoms with Gasteiger partial charge in [0.15, 0.2) is 5.57 Å². The number of nitrogens with zero attached hydrogens (tertiary/aromatic N) is 1. The minimum atomic E-state index is -0.725. The third-order valence-corrected chi connectivity index (χ3v) is 4.81. The fraction of sp³-hybridized carbons (Fsp3) is 0.438. The molecule has 6 nitrogen and oxygen atoms in total. The maximum Gasteiger partial charge on any atom is 0.350 e. The maximum absolute atomic E-state index is 12.1.